The molecule has 0 heterocycles. The van der Waals surface area contributed by atoms with Crippen molar-refractivity contribution in [3.8, 4) is 0 Å². The average Bonchev–Trinajstić information content (AvgIpc) is 2.79. The number of ether oxygens (including phenoxy) is 1. The Morgan fingerprint density at radius 2 is 1.79 bits per heavy atom. The van der Waals surface area contributed by atoms with Gasteiger partial charge in [0.1, 0.15) is 5.60 Å². The van der Waals surface area contributed by atoms with Crippen LogP contribution in [0.2, 0.25) is 0 Å². The predicted molar refractivity (Wildman–Crippen MR) is 99.2 cm³/mol. The summed E-state index contributed by atoms with van der Waals surface area (Å²) in [7, 11) is 0. The summed E-state index contributed by atoms with van der Waals surface area (Å²) in [6.07, 6.45) is 7.75. The van der Waals surface area contributed by atoms with Crippen LogP contribution in [0.5, 0.6) is 0 Å². The Hall–Kier alpha value is -1.71. The minimum atomic E-state index is -0.471. The minimum Gasteiger partial charge on any atom is -0.444 e. The summed E-state index contributed by atoms with van der Waals surface area (Å²) in [4.78, 5) is 11.8. The molecule has 0 bridgehead atoms. The molecule has 0 aromatic heterocycles. The number of carbonyl (C=O) groups is 1. The zero-order chi connectivity index (χ0) is 17.4. The molecule has 1 aliphatic rings. The van der Waals surface area contributed by atoms with Gasteiger partial charge >= 0.3 is 6.09 Å². The van der Waals surface area contributed by atoms with Crippen molar-refractivity contribution in [3.63, 3.8) is 0 Å². The lowest BCUT2D eigenvalue weighted by molar-refractivity contribution is 0.0523. The molecule has 0 saturated heterocycles. The van der Waals surface area contributed by atoms with E-state index < -0.39 is 5.60 Å². The molecule has 2 rings (SSSR count). The Morgan fingerprint density at radius 1 is 1.12 bits per heavy atom. The van der Waals surface area contributed by atoms with Crippen LogP contribution in [0, 0.1) is 5.92 Å². The van der Waals surface area contributed by atoms with Gasteiger partial charge in [0.15, 0.2) is 0 Å². The fourth-order valence-corrected chi connectivity index (χ4v) is 3.15. The molecule has 1 aliphatic carbocycles. The van der Waals surface area contributed by atoms with E-state index in [-0.39, 0.29) is 6.09 Å². The van der Waals surface area contributed by atoms with Crippen LogP contribution in [0.15, 0.2) is 24.3 Å². The van der Waals surface area contributed by atoms with Crippen LogP contribution in [0.1, 0.15) is 64.9 Å². The molecular weight excluding hydrogens is 300 g/mol. The van der Waals surface area contributed by atoms with Crippen LogP contribution in [0.4, 0.5) is 10.5 Å². The molecule has 134 valence electrons. The number of alkyl carbamates (subject to hydrolysis) is 1. The van der Waals surface area contributed by atoms with Crippen molar-refractivity contribution in [1.82, 2.24) is 5.32 Å². The van der Waals surface area contributed by atoms with Crippen LogP contribution in [-0.2, 0) is 11.3 Å². The molecule has 24 heavy (non-hydrogen) atoms. The molecule has 0 atom stereocenters. The number of benzene rings is 1. The second-order valence-corrected chi connectivity index (χ2v) is 7.75. The molecule has 4 heteroatoms. The number of carbonyl (C=O) groups excluding carboxylic acids is 1. The largest absolute Gasteiger partial charge is 0.444 e. The van der Waals surface area contributed by atoms with Gasteiger partial charge in [-0.1, -0.05) is 43.9 Å². The summed E-state index contributed by atoms with van der Waals surface area (Å²) in [6, 6.07) is 8.17. The van der Waals surface area contributed by atoms with E-state index in [9.17, 15) is 4.79 Å². The molecule has 1 saturated carbocycles. The van der Waals surface area contributed by atoms with E-state index in [2.05, 4.69) is 16.7 Å². The monoisotopic (exact) mass is 332 g/mol. The fraction of sp³-hybridized carbons (Fsp3) is 0.650. The van der Waals surface area contributed by atoms with Gasteiger partial charge in [0.25, 0.3) is 0 Å². The van der Waals surface area contributed by atoms with Gasteiger partial charge in [0, 0.05) is 18.8 Å². The Kier molecular flexibility index (Phi) is 6.95. The molecule has 1 amide bonds. The lowest BCUT2D eigenvalue weighted by atomic mass is 10.00. The van der Waals surface area contributed by atoms with Gasteiger partial charge < -0.3 is 15.4 Å². The molecule has 4 nitrogen and oxygen atoms in total. The molecule has 2 N–H and O–H groups in total. The highest BCUT2D eigenvalue weighted by molar-refractivity contribution is 5.68. The number of rotatable bonds is 5. The Morgan fingerprint density at radius 3 is 2.46 bits per heavy atom. The zero-order valence-electron chi connectivity index (χ0n) is 15.4. The van der Waals surface area contributed by atoms with Gasteiger partial charge in [0.2, 0.25) is 0 Å². The second-order valence-electron chi connectivity index (χ2n) is 7.75. The van der Waals surface area contributed by atoms with Gasteiger partial charge in [-0.15, -0.1) is 0 Å². The van der Waals surface area contributed by atoms with E-state index in [4.69, 9.17) is 4.74 Å². The van der Waals surface area contributed by atoms with E-state index in [1.165, 1.54) is 38.5 Å². The number of amides is 1. The third kappa shape index (κ3) is 6.81. The lowest BCUT2D eigenvalue weighted by Crippen LogP contribution is -2.32. The quantitative estimate of drug-likeness (QED) is 0.738. The normalized spacial score (nSPS) is 16.3. The maximum absolute atomic E-state index is 11.8. The van der Waals surface area contributed by atoms with Crippen LogP contribution in [0.3, 0.4) is 0 Å². The molecule has 0 spiro atoms. The van der Waals surface area contributed by atoms with Gasteiger partial charge in [-0.05, 0) is 51.2 Å². The van der Waals surface area contributed by atoms with E-state index in [1.807, 2.05) is 39.0 Å². The first-order valence-corrected chi connectivity index (χ1v) is 9.23. The molecule has 0 aliphatic heterocycles. The summed E-state index contributed by atoms with van der Waals surface area (Å²) in [6.45, 7) is 7.10. The zero-order valence-corrected chi connectivity index (χ0v) is 15.4. The topological polar surface area (TPSA) is 50.4 Å². The van der Waals surface area contributed by atoms with Crippen molar-refractivity contribution < 1.29 is 9.53 Å². The maximum atomic E-state index is 11.8. The number of nitrogens with one attached hydrogen (secondary N) is 2. The molecular formula is C20H32N2O2. The third-order valence-electron chi connectivity index (χ3n) is 4.40. The third-order valence-corrected chi connectivity index (χ3v) is 4.40. The predicted octanol–water partition coefficient (Wildman–Crippen LogP) is 5.09. The van der Waals surface area contributed by atoms with Crippen molar-refractivity contribution in [2.75, 3.05) is 11.9 Å². The highest BCUT2D eigenvalue weighted by Crippen LogP contribution is 2.24. The van der Waals surface area contributed by atoms with E-state index in [0.29, 0.717) is 6.54 Å². The number of para-hydroxylation sites is 1. The summed E-state index contributed by atoms with van der Waals surface area (Å²) < 4.78 is 5.30. The van der Waals surface area contributed by atoms with Gasteiger partial charge in [-0.3, -0.25) is 0 Å². The number of hydrogen-bond donors (Lipinski definition) is 2. The van der Waals surface area contributed by atoms with Crippen molar-refractivity contribution in [1.29, 1.82) is 0 Å². The number of anilines is 1. The van der Waals surface area contributed by atoms with Crippen LogP contribution in [0.25, 0.3) is 0 Å². The SMILES string of the molecule is CC(C)(C)OC(=O)NCc1ccccc1NCC1CCCCCC1. The van der Waals surface area contributed by atoms with Gasteiger partial charge in [-0.25, -0.2) is 4.79 Å². The minimum absolute atomic E-state index is 0.374. The Balaban J connectivity index is 1.86. The summed E-state index contributed by atoms with van der Waals surface area (Å²) in [5, 5.41) is 6.43. The Labute approximate surface area is 146 Å². The smallest absolute Gasteiger partial charge is 0.407 e. The standard InChI is InChI=1S/C20H32N2O2/c1-20(2,3)24-19(23)22-15-17-12-8-9-13-18(17)21-14-16-10-6-4-5-7-11-16/h8-9,12-13,16,21H,4-7,10-11,14-15H2,1-3H3,(H,22,23). The number of hydrogen-bond acceptors (Lipinski definition) is 3. The van der Waals surface area contributed by atoms with E-state index >= 15 is 0 Å². The fourth-order valence-electron chi connectivity index (χ4n) is 3.15. The van der Waals surface area contributed by atoms with Crippen molar-refractivity contribution in [2.45, 2.75) is 71.4 Å². The average molecular weight is 332 g/mol. The highest BCUT2D eigenvalue weighted by Gasteiger charge is 2.16. The summed E-state index contributed by atoms with van der Waals surface area (Å²) in [5.74, 6) is 0.763. The van der Waals surface area contributed by atoms with Crippen LogP contribution in [-0.4, -0.2) is 18.2 Å². The van der Waals surface area contributed by atoms with E-state index in [1.54, 1.807) is 0 Å². The first-order chi connectivity index (χ1) is 11.4. The second kappa shape index (κ2) is 8.95. The maximum Gasteiger partial charge on any atom is 0.407 e. The molecule has 0 radical (unpaired) electrons. The van der Waals surface area contributed by atoms with Crippen LogP contribution >= 0.6 is 0 Å². The molecule has 1 aromatic carbocycles. The molecule has 1 aromatic rings. The van der Waals surface area contributed by atoms with Crippen molar-refractivity contribution in [2.24, 2.45) is 5.92 Å². The first-order valence-electron chi connectivity index (χ1n) is 9.23. The van der Waals surface area contributed by atoms with Crippen molar-refractivity contribution >= 4 is 11.8 Å². The van der Waals surface area contributed by atoms with Gasteiger partial charge in [0.05, 0.1) is 0 Å². The van der Waals surface area contributed by atoms with Crippen LogP contribution < -0.4 is 10.6 Å². The highest BCUT2D eigenvalue weighted by atomic mass is 16.6. The first kappa shape index (κ1) is 18.6. The van der Waals surface area contributed by atoms with E-state index in [0.717, 1.165) is 23.7 Å². The summed E-state index contributed by atoms with van der Waals surface area (Å²) in [5.41, 5.74) is 1.73. The van der Waals surface area contributed by atoms with Gasteiger partial charge in [-0.2, -0.15) is 0 Å². The molecule has 0 unspecified atom stereocenters. The van der Waals surface area contributed by atoms with Crippen molar-refractivity contribution in [3.05, 3.63) is 29.8 Å². The Bertz CT molecular complexity index is 515. The summed E-state index contributed by atoms with van der Waals surface area (Å²) >= 11 is 0. The lowest BCUT2D eigenvalue weighted by Gasteiger charge is -2.21. The molecule has 1 fully saturated rings.